The molecule has 0 heterocycles. The molecular formula is C23H26FNS2. The van der Waals surface area contributed by atoms with Gasteiger partial charge < -0.3 is 0 Å². The molecule has 27 heavy (non-hydrogen) atoms. The topological polar surface area (TPSA) is 12.4 Å². The standard InChI is InChI=1S/C23H26FNS2/c1-18-11-13-20(14-12-18)25-23(27-17-19-7-3-2-4-8-19)15-16-26-22-10-6-5-9-21(22)24/h5-6,9-16,19H,2-4,7-8,17H2,1H3. The van der Waals surface area contributed by atoms with Gasteiger partial charge in [0.1, 0.15) is 5.82 Å². The summed E-state index contributed by atoms with van der Waals surface area (Å²) in [7, 11) is 0. The van der Waals surface area contributed by atoms with E-state index in [1.165, 1.54) is 55.5 Å². The van der Waals surface area contributed by atoms with Gasteiger partial charge in [0.15, 0.2) is 0 Å². The van der Waals surface area contributed by atoms with Crippen LogP contribution >= 0.6 is 23.5 Å². The number of halogens is 1. The molecule has 2 aromatic carbocycles. The fourth-order valence-corrected chi connectivity index (χ4v) is 4.97. The monoisotopic (exact) mass is 399 g/mol. The van der Waals surface area contributed by atoms with Crippen molar-refractivity contribution in [2.24, 2.45) is 10.9 Å². The molecule has 0 spiro atoms. The highest BCUT2D eigenvalue weighted by molar-refractivity contribution is 8.14. The number of benzene rings is 2. The van der Waals surface area contributed by atoms with Crippen LogP contribution < -0.4 is 0 Å². The Bertz CT molecular complexity index is 777. The summed E-state index contributed by atoms with van der Waals surface area (Å²) in [5.74, 6) is 1.72. The van der Waals surface area contributed by atoms with E-state index in [0.717, 1.165) is 22.4 Å². The lowest BCUT2D eigenvalue weighted by Crippen LogP contribution is -2.09. The molecule has 0 bridgehead atoms. The first-order valence-corrected chi connectivity index (χ1v) is 11.4. The first kappa shape index (κ1) is 20.2. The summed E-state index contributed by atoms with van der Waals surface area (Å²) < 4.78 is 13.8. The zero-order valence-electron chi connectivity index (χ0n) is 15.7. The molecule has 142 valence electrons. The lowest BCUT2D eigenvalue weighted by atomic mass is 9.91. The van der Waals surface area contributed by atoms with E-state index in [2.05, 4.69) is 19.1 Å². The van der Waals surface area contributed by atoms with Crippen LogP contribution in [0.4, 0.5) is 10.1 Å². The van der Waals surface area contributed by atoms with Gasteiger partial charge >= 0.3 is 0 Å². The van der Waals surface area contributed by atoms with Crippen LogP contribution in [0.15, 0.2) is 69.9 Å². The summed E-state index contributed by atoms with van der Waals surface area (Å²) in [6, 6.07) is 15.1. The van der Waals surface area contributed by atoms with Gasteiger partial charge in [-0.1, -0.05) is 60.9 Å². The van der Waals surface area contributed by atoms with Crippen molar-refractivity contribution in [1.82, 2.24) is 0 Å². The van der Waals surface area contributed by atoms with Crippen molar-refractivity contribution in [1.29, 1.82) is 0 Å². The van der Waals surface area contributed by atoms with E-state index >= 15 is 0 Å². The quantitative estimate of drug-likeness (QED) is 0.279. The molecule has 3 rings (SSSR count). The van der Waals surface area contributed by atoms with E-state index in [-0.39, 0.29) is 5.82 Å². The van der Waals surface area contributed by atoms with Gasteiger partial charge in [-0.15, -0.1) is 11.8 Å². The second kappa shape index (κ2) is 10.7. The number of aliphatic imine (C=N–C) groups is 1. The maximum Gasteiger partial charge on any atom is 0.137 e. The largest absolute Gasteiger partial charge is 0.242 e. The average Bonchev–Trinajstić information content (AvgIpc) is 2.70. The number of rotatable bonds is 6. The van der Waals surface area contributed by atoms with E-state index in [0.29, 0.717) is 4.90 Å². The highest BCUT2D eigenvalue weighted by atomic mass is 32.2. The van der Waals surface area contributed by atoms with Crippen molar-refractivity contribution in [3.63, 3.8) is 0 Å². The van der Waals surface area contributed by atoms with Gasteiger partial charge in [-0.25, -0.2) is 9.38 Å². The van der Waals surface area contributed by atoms with Crippen molar-refractivity contribution in [3.8, 4) is 0 Å². The number of thioether (sulfide) groups is 2. The predicted molar refractivity (Wildman–Crippen MR) is 119 cm³/mol. The third-order valence-corrected chi connectivity index (χ3v) is 6.73. The van der Waals surface area contributed by atoms with E-state index in [1.807, 2.05) is 41.4 Å². The number of aryl methyl sites for hydroxylation is 1. The van der Waals surface area contributed by atoms with Crippen LogP contribution in [-0.4, -0.2) is 10.8 Å². The third kappa shape index (κ3) is 6.86. The third-order valence-electron chi connectivity index (χ3n) is 4.71. The lowest BCUT2D eigenvalue weighted by molar-refractivity contribution is 0.391. The summed E-state index contributed by atoms with van der Waals surface area (Å²) in [6.45, 7) is 2.08. The van der Waals surface area contributed by atoms with Gasteiger partial charge in [0, 0.05) is 10.6 Å². The van der Waals surface area contributed by atoms with Crippen molar-refractivity contribution >= 4 is 34.3 Å². The molecule has 0 amide bonds. The molecule has 0 N–H and O–H groups in total. The van der Waals surface area contributed by atoms with Crippen LogP contribution in [-0.2, 0) is 0 Å². The van der Waals surface area contributed by atoms with Crippen LogP contribution in [0.3, 0.4) is 0 Å². The fourth-order valence-electron chi connectivity index (χ4n) is 3.13. The van der Waals surface area contributed by atoms with Crippen LogP contribution in [0.2, 0.25) is 0 Å². The maximum absolute atomic E-state index is 13.8. The molecule has 1 saturated carbocycles. The molecule has 1 fully saturated rings. The molecule has 4 heteroatoms. The lowest BCUT2D eigenvalue weighted by Gasteiger charge is -2.20. The minimum Gasteiger partial charge on any atom is -0.242 e. The molecule has 0 unspecified atom stereocenters. The van der Waals surface area contributed by atoms with E-state index in [4.69, 9.17) is 4.99 Å². The van der Waals surface area contributed by atoms with Gasteiger partial charge in [-0.05, 0) is 61.4 Å². The Hall–Kier alpha value is -1.52. The molecule has 0 radical (unpaired) electrons. The Morgan fingerprint density at radius 3 is 2.56 bits per heavy atom. The van der Waals surface area contributed by atoms with Crippen LogP contribution in [0.5, 0.6) is 0 Å². The Kier molecular flexibility index (Phi) is 8.03. The highest BCUT2D eigenvalue weighted by Gasteiger charge is 2.14. The van der Waals surface area contributed by atoms with Crippen molar-refractivity contribution in [2.45, 2.75) is 43.9 Å². The zero-order valence-corrected chi connectivity index (χ0v) is 17.4. The van der Waals surface area contributed by atoms with Crippen molar-refractivity contribution in [3.05, 3.63) is 71.4 Å². The van der Waals surface area contributed by atoms with Crippen LogP contribution in [0.1, 0.15) is 37.7 Å². The smallest absolute Gasteiger partial charge is 0.137 e. The van der Waals surface area contributed by atoms with E-state index in [1.54, 1.807) is 12.1 Å². The molecule has 2 aromatic rings. The zero-order chi connectivity index (χ0) is 18.9. The van der Waals surface area contributed by atoms with Gasteiger partial charge in [0.2, 0.25) is 0 Å². The normalized spacial score (nSPS) is 16.1. The summed E-state index contributed by atoms with van der Waals surface area (Å²) in [5.41, 5.74) is 2.20. The molecule has 0 saturated heterocycles. The fraction of sp³-hybridized carbons (Fsp3) is 0.348. The molecule has 1 aliphatic carbocycles. The predicted octanol–water partition coefficient (Wildman–Crippen LogP) is 7.78. The van der Waals surface area contributed by atoms with E-state index in [9.17, 15) is 4.39 Å². The minimum absolute atomic E-state index is 0.181. The maximum atomic E-state index is 13.8. The number of nitrogens with zero attached hydrogens (tertiary/aromatic N) is 1. The Morgan fingerprint density at radius 1 is 1.07 bits per heavy atom. The second-order valence-corrected chi connectivity index (χ2v) is 8.94. The summed E-state index contributed by atoms with van der Waals surface area (Å²) in [4.78, 5) is 5.46. The van der Waals surface area contributed by atoms with Gasteiger partial charge in [0.25, 0.3) is 0 Å². The first-order valence-electron chi connectivity index (χ1n) is 9.56. The first-order chi connectivity index (χ1) is 13.2. The Balaban J connectivity index is 1.68. The van der Waals surface area contributed by atoms with Crippen molar-refractivity contribution < 1.29 is 4.39 Å². The molecule has 0 aliphatic heterocycles. The molecule has 0 atom stereocenters. The summed E-state index contributed by atoms with van der Waals surface area (Å²) in [6.07, 6.45) is 8.77. The summed E-state index contributed by atoms with van der Waals surface area (Å²) in [5, 5.41) is 2.94. The Labute approximate surface area is 170 Å². The molecule has 1 nitrogen and oxygen atoms in total. The minimum atomic E-state index is -0.181. The van der Waals surface area contributed by atoms with Gasteiger partial charge in [-0.3, -0.25) is 0 Å². The number of hydrogen-bond acceptors (Lipinski definition) is 3. The second-order valence-electron chi connectivity index (χ2n) is 6.95. The highest BCUT2D eigenvalue weighted by Crippen LogP contribution is 2.29. The Morgan fingerprint density at radius 2 is 1.81 bits per heavy atom. The molecule has 1 aliphatic rings. The summed E-state index contributed by atoms with van der Waals surface area (Å²) >= 11 is 3.22. The number of hydrogen-bond donors (Lipinski definition) is 0. The van der Waals surface area contributed by atoms with Crippen molar-refractivity contribution in [2.75, 3.05) is 5.75 Å². The van der Waals surface area contributed by atoms with Crippen LogP contribution in [0, 0.1) is 18.7 Å². The van der Waals surface area contributed by atoms with Gasteiger partial charge in [0.05, 0.1) is 10.7 Å². The average molecular weight is 400 g/mol. The molecule has 0 aromatic heterocycles. The van der Waals surface area contributed by atoms with E-state index < -0.39 is 0 Å². The van der Waals surface area contributed by atoms with Crippen LogP contribution in [0.25, 0.3) is 0 Å². The molecular weight excluding hydrogens is 373 g/mol. The van der Waals surface area contributed by atoms with Gasteiger partial charge in [-0.2, -0.15) is 0 Å². The SMILES string of the molecule is Cc1ccc(N=C(C=CSc2ccccc2F)SCC2CCCCC2)cc1.